The van der Waals surface area contributed by atoms with Crippen LogP contribution < -0.4 is 15.4 Å². The lowest BCUT2D eigenvalue weighted by atomic mass is 9.84. The molecule has 2 heterocycles. The summed E-state index contributed by atoms with van der Waals surface area (Å²) in [5.74, 6) is 1.43. The highest BCUT2D eigenvalue weighted by atomic mass is 16.6. The number of fused-ring (bicyclic) bond motifs is 3. The molecule has 7 heteroatoms. The second-order valence-corrected chi connectivity index (χ2v) is 9.96. The van der Waals surface area contributed by atoms with Crippen LogP contribution in [0.5, 0.6) is 5.75 Å². The molecule has 1 aromatic rings. The Labute approximate surface area is 189 Å². The number of benzene rings is 1. The lowest BCUT2D eigenvalue weighted by Gasteiger charge is -2.37. The number of hydrogen-bond acceptors (Lipinski definition) is 5. The van der Waals surface area contributed by atoms with Gasteiger partial charge in [-0.1, -0.05) is 19.3 Å². The summed E-state index contributed by atoms with van der Waals surface area (Å²) in [6, 6.07) is 6.02. The van der Waals surface area contributed by atoms with E-state index in [4.69, 9.17) is 9.47 Å². The van der Waals surface area contributed by atoms with E-state index in [-0.39, 0.29) is 42.6 Å². The zero-order valence-corrected chi connectivity index (χ0v) is 18.6. The van der Waals surface area contributed by atoms with Crippen LogP contribution in [0.1, 0.15) is 75.7 Å². The van der Waals surface area contributed by atoms with Gasteiger partial charge in [-0.2, -0.15) is 0 Å². The molecule has 2 saturated carbocycles. The van der Waals surface area contributed by atoms with Crippen LogP contribution in [0.15, 0.2) is 18.2 Å². The molecule has 174 valence electrons. The molecule has 2 aliphatic carbocycles. The van der Waals surface area contributed by atoms with Gasteiger partial charge in [0.05, 0.1) is 19.1 Å². The van der Waals surface area contributed by atoms with Gasteiger partial charge in [0, 0.05) is 29.6 Å². The Morgan fingerprint density at radius 2 is 1.84 bits per heavy atom. The average molecular weight is 443 g/mol. The third-order valence-electron chi connectivity index (χ3n) is 7.34. The monoisotopic (exact) mass is 442 g/mol. The van der Waals surface area contributed by atoms with Gasteiger partial charge in [-0.25, -0.2) is 0 Å². The molecular weight excluding hydrogens is 408 g/mol. The van der Waals surface area contributed by atoms with Crippen LogP contribution in [0.25, 0.3) is 0 Å². The minimum absolute atomic E-state index is 0.0252. The highest BCUT2D eigenvalue weighted by Crippen LogP contribution is 2.47. The number of carbonyl (C=O) groups excluding carboxylic acids is 2. The first-order valence-corrected chi connectivity index (χ1v) is 12.2. The Bertz CT molecular complexity index is 849. The van der Waals surface area contributed by atoms with E-state index in [2.05, 4.69) is 10.6 Å². The van der Waals surface area contributed by atoms with Crippen molar-refractivity contribution >= 4 is 17.5 Å². The Balaban J connectivity index is 1.24. The second-order valence-electron chi connectivity index (χ2n) is 9.96. The zero-order chi connectivity index (χ0) is 22.1. The molecule has 4 aliphatic rings. The normalized spacial score (nSPS) is 29.5. The maximum absolute atomic E-state index is 12.6. The largest absolute Gasteiger partial charge is 0.487 e. The summed E-state index contributed by atoms with van der Waals surface area (Å²) in [6.07, 6.45) is 8.53. The molecule has 2 amide bonds. The van der Waals surface area contributed by atoms with Crippen molar-refractivity contribution in [3.63, 3.8) is 0 Å². The van der Waals surface area contributed by atoms with Gasteiger partial charge in [-0.3, -0.25) is 9.59 Å². The van der Waals surface area contributed by atoms with Crippen LogP contribution in [0, 0.1) is 5.92 Å². The predicted molar refractivity (Wildman–Crippen MR) is 120 cm³/mol. The van der Waals surface area contributed by atoms with Crippen LogP contribution in [0.3, 0.4) is 0 Å². The molecule has 7 nitrogen and oxygen atoms in total. The third kappa shape index (κ3) is 4.94. The van der Waals surface area contributed by atoms with Gasteiger partial charge in [0.25, 0.3) is 0 Å². The van der Waals surface area contributed by atoms with Gasteiger partial charge in [-0.05, 0) is 56.2 Å². The molecule has 0 bridgehead atoms. The van der Waals surface area contributed by atoms with Crippen LogP contribution in [-0.4, -0.2) is 47.9 Å². The molecule has 0 spiro atoms. The first-order chi connectivity index (χ1) is 15.6. The zero-order valence-electron chi connectivity index (χ0n) is 18.6. The number of anilines is 1. The van der Waals surface area contributed by atoms with Gasteiger partial charge in [0.1, 0.15) is 18.0 Å². The van der Waals surface area contributed by atoms with Gasteiger partial charge in [0.15, 0.2) is 0 Å². The fourth-order valence-corrected chi connectivity index (χ4v) is 5.50. The Hall–Kier alpha value is -2.12. The predicted octanol–water partition coefficient (Wildman–Crippen LogP) is 3.26. The molecule has 3 fully saturated rings. The van der Waals surface area contributed by atoms with Crippen molar-refractivity contribution in [1.29, 1.82) is 0 Å². The van der Waals surface area contributed by atoms with Gasteiger partial charge < -0.3 is 25.2 Å². The maximum Gasteiger partial charge on any atom is 0.224 e. The SMILES string of the molecule is O=C(CC1CC1)Nc1ccc2c(c1)[C@H]1C[C@@H](CC(=O)NC3CCCCC3)O[C@H](CO)[C@H]1O2. The summed E-state index contributed by atoms with van der Waals surface area (Å²) in [6.45, 7) is -0.152. The summed E-state index contributed by atoms with van der Waals surface area (Å²) in [4.78, 5) is 24.9. The smallest absolute Gasteiger partial charge is 0.224 e. The van der Waals surface area contributed by atoms with Crippen molar-refractivity contribution in [2.24, 2.45) is 5.92 Å². The van der Waals surface area contributed by atoms with Gasteiger partial charge in [0.2, 0.25) is 11.8 Å². The average Bonchev–Trinajstić information content (AvgIpc) is 3.52. The number of aliphatic hydroxyl groups is 1. The topological polar surface area (TPSA) is 96.9 Å². The number of rotatable bonds is 7. The summed E-state index contributed by atoms with van der Waals surface area (Å²) in [5.41, 5.74) is 1.80. The third-order valence-corrected chi connectivity index (χ3v) is 7.34. The van der Waals surface area contributed by atoms with Crippen molar-refractivity contribution < 1.29 is 24.2 Å². The number of ether oxygens (including phenoxy) is 2. The van der Waals surface area contributed by atoms with E-state index in [0.29, 0.717) is 25.2 Å². The lowest BCUT2D eigenvalue weighted by molar-refractivity contribution is -0.142. The highest BCUT2D eigenvalue weighted by molar-refractivity contribution is 5.91. The number of aliphatic hydroxyl groups excluding tert-OH is 1. The van der Waals surface area contributed by atoms with Crippen molar-refractivity contribution in [1.82, 2.24) is 5.32 Å². The Morgan fingerprint density at radius 3 is 2.59 bits per heavy atom. The molecule has 1 saturated heterocycles. The quantitative estimate of drug-likeness (QED) is 0.602. The number of nitrogens with one attached hydrogen (secondary N) is 2. The summed E-state index contributed by atoms with van der Waals surface area (Å²) in [5, 5.41) is 16.1. The van der Waals surface area contributed by atoms with Crippen molar-refractivity contribution in [2.45, 2.75) is 94.5 Å². The molecule has 0 aromatic heterocycles. The molecule has 0 unspecified atom stereocenters. The van der Waals surface area contributed by atoms with Crippen molar-refractivity contribution in [3.05, 3.63) is 23.8 Å². The second kappa shape index (κ2) is 9.40. The van der Waals surface area contributed by atoms with E-state index in [1.165, 1.54) is 19.3 Å². The standard InChI is InChI=1S/C25H34N2O5/c28-14-22-25-20(12-18(31-22)13-24(30)26-16-4-2-1-3-5-16)19-11-17(8-9-21(19)32-25)27-23(29)10-15-6-7-15/h8-9,11,15-16,18,20,22,25,28H,1-7,10,12-14H2,(H,26,30)(H,27,29)/t18-,20+,22+,25-/m0/s1. The Kier molecular flexibility index (Phi) is 6.37. The number of amides is 2. The Morgan fingerprint density at radius 1 is 1.03 bits per heavy atom. The number of hydrogen-bond donors (Lipinski definition) is 3. The van der Waals surface area contributed by atoms with E-state index < -0.39 is 6.10 Å². The van der Waals surface area contributed by atoms with E-state index in [1.807, 2.05) is 18.2 Å². The molecule has 5 rings (SSSR count). The molecule has 4 atom stereocenters. The summed E-state index contributed by atoms with van der Waals surface area (Å²) < 4.78 is 12.2. The minimum Gasteiger partial charge on any atom is -0.487 e. The minimum atomic E-state index is -0.471. The van der Waals surface area contributed by atoms with E-state index in [0.717, 1.165) is 42.7 Å². The van der Waals surface area contributed by atoms with E-state index in [9.17, 15) is 14.7 Å². The maximum atomic E-state index is 12.6. The summed E-state index contributed by atoms with van der Waals surface area (Å²) >= 11 is 0. The van der Waals surface area contributed by atoms with Crippen molar-refractivity contribution in [2.75, 3.05) is 11.9 Å². The van der Waals surface area contributed by atoms with E-state index >= 15 is 0 Å². The molecule has 3 N–H and O–H groups in total. The van der Waals surface area contributed by atoms with Crippen molar-refractivity contribution in [3.8, 4) is 5.75 Å². The van der Waals surface area contributed by atoms with Gasteiger partial charge in [-0.15, -0.1) is 0 Å². The van der Waals surface area contributed by atoms with Crippen LogP contribution in [-0.2, 0) is 14.3 Å². The van der Waals surface area contributed by atoms with E-state index in [1.54, 1.807) is 0 Å². The first-order valence-electron chi connectivity index (χ1n) is 12.2. The van der Waals surface area contributed by atoms with Crippen LogP contribution in [0.4, 0.5) is 5.69 Å². The molecule has 0 radical (unpaired) electrons. The fraction of sp³-hybridized carbons (Fsp3) is 0.680. The molecule has 1 aromatic carbocycles. The van der Waals surface area contributed by atoms with Crippen LogP contribution >= 0.6 is 0 Å². The first kappa shape index (κ1) is 21.7. The van der Waals surface area contributed by atoms with Crippen LogP contribution in [0.2, 0.25) is 0 Å². The summed E-state index contributed by atoms with van der Waals surface area (Å²) in [7, 11) is 0. The number of carbonyl (C=O) groups is 2. The van der Waals surface area contributed by atoms with Gasteiger partial charge >= 0.3 is 0 Å². The highest BCUT2D eigenvalue weighted by Gasteiger charge is 2.46. The fourth-order valence-electron chi connectivity index (χ4n) is 5.50. The molecular formula is C25H34N2O5. The molecule has 32 heavy (non-hydrogen) atoms. The lowest BCUT2D eigenvalue weighted by Crippen LogP contribution is -2.48. The molecule has 2 aliphatic heterocycles.